The van der Waals surface area contributed by atoms with Crippen LogP contribution < -0.4 is 5.63 Å². The van der Waals surface area contributed by atoms with Gasteiger partial charge < -0.3 is 13.6 Å². The molecule has 0 radical (unpaired) electrons. The lowest BCUT2D eigenvalue weighted by atomic mass is 10.00. The van der Waals surface area contributed by atoms with Gasteiger partial charge in [-0.2, -0.15) is 0 Å². The van der Waals surface area contributed by atoms with Crippen LogP contribution in [0.1, 0.15) is 5.76 Å². The first-order valence-electron chi connectivity index (χ1n) is 7.98. The number of hydrogen-bond acceptors (Lipinski definition) is 5. The quantitative estimate of drug-likeness (QED) is 0.312. The van der Waals surface area contributed by atoms with Crippen LogP contribution in [0.3, 0.4) is 0 Å². The lowest BCUT2D eigenvalue weighted by Gasteiger charge is -2.02. The zero-order chi connectivity index (χ0) is 18.1. The minimum Gasteiger partial charge on any atom is -0.466 e. The molecule has 4 rings (SSSR count). The summed E-state index contributed by atoms with van der Waals surface area (Å²) in [5, 5.41) is 1.48. The highest BCUT2D eigenvalue weighted by molar-refractivity contribution is 6.12. The molecule has 0 atom stereocenters. The van der Waals surface area contributed by atoms with E-state index in [1.807, 2.05) is 42.5 Å². The van der Waals surface area contributed by atoms with Crippen molar-refractivity contribution in [1.29, 1.82) is 0 Å². The number of esters is 1. The standard InChI is InChI=1S/C21H14O5/c1-24-17(22)12-10-15-19(13-5-3-2-4-6-13)20-16(25-15)9-7-14-8-11-18(23)26-21(14)20/h2-12H,1H3/b12-10+. The maximum absolute atomic E-state index is 11.8. The Balaban J connectivity index is 2.10. The molecule has 2 aromatic heterocycles. The summed E-state index contributed by atoms with van der Waals surface area (Å²) in [6.45, 7) is 0. The molecule has 0 saturated heterocycles. The van der Waals surface area contributed by atoms with Gasteiger partial charge in [-0.05, 0) is 29.8 Å². The van der Waals surface area contributed by atoms with Gasteiger partial charge in [0, 0.05) is 23.1 Å². The minimum absolute atomic E-state index is 0.433. The molecule has 0 amide bonds. The third-order valence-electron chi connectivity index (χ3n) is 4.10. The summed E-state index contributed by atoms with van der Waals surface area (Å²) in [4.78, 5) is 23.3. The second-order valence-corrected chi connectivity index (χ2v) is 5.68. The van der Waals surface area contributed by atoms with E-state index in [1.54, 1.807) is 12.1 Å². The summed E-state index contributed by atoms with van der Waals surface area (Å²) in [5.41, 5.74) is 2.22. The van der Waals surface area contributed by atoms with Crippen molar-refractivity contribution in [2.24, 2.45) is 0 Å². The second-order valence-electron chi connectivity index (χ2n) is 5.68. The summed E-state index contributed by atoms with van der Waals surface area (Å²) in [7, 11) is 1.31. The molecule has 0 aliphatic heterocycles. The SMILES string of the molecule is COC(=O)/C=C/c1oc2ccc3ccc(=O)oc3c2c1-c1ccccc1. The van der Waals surface area contributed by atoms with E-state index in [0.717, 1.165) is 16.5 Å². The largest absolute Gasteiger partial charge is 0.466 e. The average molecular weight is 346 g/mol. The van der Waals surface area contributed by atoms with Gasteiger partial charge in [-0.15, -0.1) is 0 Å². The Morgan fingerprint density at radius 3 is 2.54 bits per heavy atom. The second kappa shape index (κ2) is 6.37. The molecule has 2 heterocycles. The molecule has 2 aromatic carbocycles. The molecule has 5 heteroatoms. The maximum atomic E-state index is 11.8. The van der Waals surface area contributed by atoms with Gasteiger partial charge in [0.05, 0.1) is 12.5 Å². The number of hydrogen-bond donors (Lipinski definition) is 0. The minimum atomic E-state index is -0.485. The molecule has 0 fully saturated rings. The Morgan fingerprint density at radius 2 is 1.77 bits per heavy atom. The third-order valence-corrected chi connectivity index (χ3v) is 4.10. The smallest absolute Gasteiger partial charge is 0.336 e. The fraction of sp³-hybridized carbons (Fsp3) is 0.0476. The fourth-order valence-electron chi connectivity index (χ4n) is 2.95. The number of furan rings is 1. The van der Waals surface area contributed by atoms with Crippen LogP contribution >= 0.6 is 0 Å². The van der Waals surface area contributed by atoms with Gasteiger partial charge >= 0.3 is 11.6 Å². The normalized spacial score (nSPS) is 11.4. The number of carbonyl (C=O) groups is 1. The number of fused-ring (bicyclic) bond motifs is 3. The van der Waals surface area contributed by atoms with Crippen LogP contribution in [0.25, 0.3) is 39.1 Å². The molecular weight excluding hydrogens is 332 g/mol. The van der Waals surface area contributed by atoms with E-state index >= 15 is 0 Å². The molecule has 0 saturated carbocycles. The van der Waals surface area contributed by atoms with E-state index in [2.05, 4.69) is 4.74 Å². The lowest BCUT2D eigenvalue weighted by molar-refractivity contribution is -0.134. The zero-order valence-electron chi connectivity index (χ0n) is 13.9. The first-order chi connectivity index (χ1) is 12.7. The summed E-state index contributed by atoms with van der Waals surface area (Å²) >= 11 is 0. The number of methoxy groups -OCH3 is 1. The van der Waals surface area contributed by atoms with E-state index in [1.165, 1.54) is 19.3 Å². The van der Waals surface area contributed by atoms with Crippen molar-refractivity contribution < 1.29 is 18.4 Å². The van der Waals surface area contributed by atoms with Gasteiger partial charge in [0.15, 0.2) is 0 Å². The van der Waals surface area contributed by atoms with Gasteiger partial charge in [0.1, 0.15) is 16.9 Å². The average Bonchev–Trinajstić information content (AvgIpc) is 3.05. The molecule has 0 aliphatic carbocycles. The van der Waals surface area contributed by atoms with Gasteiger partial charge in [0.2, 0.25) is 0 Å². The molecule has 0 N–H and O–H groups in total. The topological polar surface area (TPSA) is 69.7 Å². The Hall–Kier alpha value is -3.60. The predicted octanol–water partition coefficient (Wildman–Crippen LogP) is 4.39. The fourth-order valence-corrected chi connectivity index (χ4v) is 2.95. The van der Waals surface area contributed by atoms with Gasteiger partial charge in [-0.1, -0.05) is 30.3 Å². The van der Waals surface area contributed by atoms with Crippen molar-refractivity contribution in [3.05, 3.63) is 76.9 Å². The van der Waals surface area contributed by atoms with Crippen molar-refractivity contribution in [3.8, 4) is 11.1 Å². The predicted molar refractivity (Wildman–Crippen MR) is 98.7 cm³/mol. The molecule has 128 valence electrons. The highest BCUT2D eigenvalue weighted by atomic mass is 16.5. The molecule has 5 nitrogen and oxygen atoms in total. The van der Waals surface area contributed by atoms with Gasteiger partial charge in [0.25, 0.3) is 0 Å². The lowest BCUT2D eigenvalue weighted by Crippen LogP contribution is -1.94. The number of ether oxygens (including phenoxy) is 1. The van der Waals surface area contributed by atoms with Crippen molar-refractivity contribution in [3.63, 3.8) is 0 Å². The van der Waals surface area contributed by atoms with Crippen LogP contribution in [-0.2, 0) is 9.53 Å². The van der Waals surface area contributed by atoms with E-state index in [-0.39, 0.29) is 0 Å². The van der Waals surface area contributed by atoms with Crippen LogP contribution in [0.2, 0.25) is 0 Å². The summed E-state index contributed by atoms with van der Waals surface area (Å²) in [6, 6.07) is 16.3. The van der Waals surface area contributed by atoms with Crippen molar-refractivity contribution in [1.82, 2.24) is 0 Å². The van der Waals surface area contributed by atoms with E-state index < -0.39 is 11.6 Å². The number of rotatable bonds is 3. The number of carbonyl (C=O) groups excluding carboxylic acids is 1. The van der Waals surface area contributed by atoms with Gasteiger partial charge in [-0.25, -0.2) is 9.59 Å². The first kappa shape index (κ1) is 15.9. The summed E-state index contributed by atoms with van der Waals surface area (Å²) < 4.78 is 16.1. The molecule has 0 aliphatic rings. The van der Waals surface area contributed by atoms with Crippen LogP contribution in [0.5, 0.6) is 0 Å². The van der Waals surface area contributed by atoms with Crippen molar-refractivity contribution in [2.45, 2.75) is 0 Å². The van der Waals surface area contributed by atoms with Crippen LogP contribution in [0.15, 0.2) is 74.3 Å². The molecule has 0 bridgehead atoms. The maximum Gasteiger partial charge on any atom is 0.336 e. The van der Waals surface area contributed by atoms with Crippen molar-refractivity contribution >= 4 is 34.0 Å². The molecule has 0 unspecified atom stereocenters. The highest BCUT2D eigenvalue weighted by Crippen LogP contribution is 2.39. The van der Waals surface area contributed by atoms with E-state index in [9.17, 15) is 9.59 Å². The monoisotopic (exact) mass is 346 g/mol. The van der Waals surface area contributed by atoms with Crippen LogP contribution in [0, 0.1) is 0 Å². The highest BCUT2D eigenvalue weighted by Gasteiger charge is 2.18. The molecular formula is C21H14O5. The Bertz CT molecular complexity index is 1200. The van der Waals surface area contributed by atoms with Gasteiger partial charge in [-0.3, -0.25) is 0 Å². The number of benzene rings is 2. The zero-order valence-corrected chi connectivity index (χ0v) is 13.9. The summed E-state index contributed by atoms with van der Waals surface area (Å²) in [6.07, 6.45) is 2.85. The van der Waals surface area contributed by atoms with E-state index in [4.69, 9.17) is 8.83 Å². The Kier molecular flexibility index (Phi) is 3.89. The van der Waals surface area contributed by atoms with Crippen molar-refractivity contribution in [2.75, 3.05) is 7.11 Å². The molecule has 0 spiro atoms. The third kappa shape index (κ3) is 2.69. The Morgan fingerprint density at radius 1 is 1.00 bits per heavy atom. The molecule has 26 heavy (non-hydrogen) atoms. The summed E-state index contributed by atoms with van der Waals surface area (Å²) in [5.74, 6) is -0.00328. The first-order valence-corrected chi connectivity index (χ1v) is 7.98. The van der Waals surface area contributed by atoms with E-state index in [0.29, 0.717) is 22.3 Å². The Labute approximate surface area is 148 Å². The van der Waals surface area contributed by atoms with Crippen LogP contribution in [0.4, 0.5) is 0 Å². The molecule has 4 aromatic rings. The van der Waals surface area contributed by atoms with Crippen LogP contribution in [-0.4, -0.2) is 13.1 Å².